The SMILES string of the molecule is CSC(SSC(SC)c1cccs1)c1cccs1. The van der Waals surface area contributed by atoms with Gasteiger partial charge in [0.05, 0.1) is 9.16 Å². The molecule has 2 atom stereocenters. The lowest BCUT2D eigenvalue weighted by Crippen LogP contribution is -1.85. The van der Waals surface area contributed by atoms with Crippen molar-refractivity contribution < 1.29 is 0 Å². The first-order valence-electron chi connectivity index (χ1n) is 5.29. The van der Waals surface area contributed by atoms with Crippen LogP contribution in [0.3, 0.4) is 0 Å². The van der Waals surface area contributed by atoms with Gasteiger partial charge in [-0.25, -0.2) is 0 Å². The van der Waals surface area contributed by atoms with Crippen molar-refractivity contribution >= 4 is 67.8 Å². The van der Waals surface area contributed by atoms with Gasteiger partial charge >= 0.3 is 0 Å². The molecule has 0 aromatic carbocycles. The highest BCUT2D eigenvalue weighted by atomic mass is 33.1. The van der Waals surface area contributed by atoms with E-state index in [1.54, 1.807) is 0 Å². The first-order chi connectivity index (χ1) is 8.85. The van der Waals surface area contributed by atoms with Crippen molar-refractivity contribution in [1.82, 2.24) is 0 Å². The Morgan fingerprint density at radius 1 is 0.833 bits per heavy atom. The Hall–Kier alpha value is 0.800. The third-order valence-electron chi connectivity index (χ3n) is 2.21. The van der Waals surface area contributed by atoms with Gasteiger partial charge in [-0.2, -0.15) is 0 Å². The van der Waals surface area contributed by atoms with Gasteiger partial charge in [-0.05, 0) is 35.4 Å². The lowest BCUT2D eigenvalue weighted by Gasteiger charge is -2.16. The fraction of sp³-hybridized carbons (Fsp3) is 0.333. The quantitative estimate of drug-likeness (QED) is 0.406. The molecular weight excluding hydrogens is 337 g/mol. The summed E-state index contributed by atoms with van der Waals surface area (Å²) in [7, 11) is 3.97. The van der Waals surface area contributed by atoms with Crippen molar-refractivity contribution in [2.24, 2.45) is 0 Å². The van der Waals surface area contributed by atoms with Crippen molar-refractivity contribution in [2.45, 2.75) is 9.16 Å². The number of hydrogen-bond acceptors (Lipinski definition) is 6. The topological polar surface area (TPSA) is 0 Å². The Morgan fingerprint density at radius 2 is 1.28 bits per heavy atom. The molecule has 2 unspecified atom stereocenters. The second-order valence-electron chi connectivity index (χ2n) is 3.36. The van der Waals surface area contributed by atoms with E-state index < -0.39 is 0 Å². The molecule has 2 rings (SSSR count). The Balaban J connectivity index is 1.93. The molecule has 2 heterocycles. The van der Waals surface area contributed by atoms with Gasteiger partial charge in [0.2, 0.25) is 0 Å². The third-order valence-corrected chi connectivity index (χ3v) is 11.0. The summed E-state index contributed by atoms with van der Waals surface area (Å²) in [5.41, 5.74) is 0. The van der Waals surface area contributed by atoms with Crippen LogP contribution in [0.2, 0.25) is 0 Å². The maximum Gasteiger partial charge on any atom is 0.0944 e. The van der Waals surface area contributed by atoms with Crippen molar-refractivity contribution in [3.63, 3.8) is 0 Å². The fourth-order valence-corrected chi connectivity index (χ4v) is 9.68. The zero-order valence-corrected chi connectivity index (χ0v) is 15.0. The summed E-state index contributed by atoms with van der Waals surface area (Å²) in [6.45, 7) is 0. The summed E-state index contributed by atoms with van der Waals surface area (Å²) < 4.78 is 1.09. The van der Waals surface area contributed by atoms with Gasteiger partial charge < -0.3 is 0 Å². The highest BCUT2D eigenvalue weighted by molar-refractivity contribution is 8.79. The van der Waals surface area contributed by atoms with E-state index in [0.717, 1.165) is 0 Å². The molecule has 0 aliphatic heterocycles. The molecule has 0 saturated carbocycles. The molecule has 2 aromatic rings. The van der Waals surface area contributed by atoms with E-state index in [4.69, 9.17) is 0 Å². The van der Waals surface area contributed by atoms with E-state index in [2.05, 4.69) is 47.5 Å². The molecule has 6 heteroatoms. The molecule has 0 aliphatic rings. The Kier molecular flexibility index (Phi) is 6.89. The molecule has 18 heavy (non-hydrogen) atoms. The lowest BCUT2D eigenvalue weighted by atomic mass is 10.5. The van der Waals surface area contributed by atoms with Crippen molar-refractivity contribution in [2.75, 3.05) is 12.5 Å². The van der Waals surface area contributed by atoms with Gasteiger partial charge in [-0.1, -0.05) is 33.7 Å². The second kappa shape index (κ2) is 8.17. The Bertz CT molecular complexity index is 379. The smallest absolute Gasteiger partial charge is 0.0944 e. The first-order valence-corrected chi connectivity index (χ1v) is 11.9. The molecule has 0 radical (unpaired) electrons. The molecule has 0 bridgehead atoms. The average Bonchev–Trinajstić information content (AvgIpc) is 3.07. The molecule has 0 N–H and O–H groups in total. The van der Waals surface area contributed by atoms with E-state index in [9.17, 15) is 0 Å². The van der Waals surface area contributed by atoms with E-state index in [1.807, 2.05) is 67.8 Å². The van der Waals surface area contributed by atoms with Crippen LogP contribution in [0.15, 0.2) is 35.0 Å². The molecule has 0 saturated heterocycles. The van der Waals surface area contributed by atoms with E-state index in [1.165, 1.54) is 9.75 Å². The fourth-order valence-electron chi connectivity index (χ4n) is 1.36. The maximum atomic E-state index is 2.23. The zero-order chi connectivity index (χ0) is 12.8. The van der Waals surface area contributed by atoms with E-state index in [0.29, 0.717) is 9.16 Å². The van der Waals surface area contributed by atoms with Gasteiger partial charge in [0.25, 0.3) is 0 Å². The molecule has 0 amide bonds. The Labute approximate surface area is 133 Å². The van der Waals surface area contributed by atoms with Crippen LogP contribution in [-0.4, -0.2) is 12.5 Å². The Morgan fingerprint density at radius 3 is 1.56 bits per heavy atom. The van der Waals surface area contributed by atoms with Crippen LogP contribution in [0.4, 0.5) is 0 Å². The number of thiophene rings is 2. The number of hydrogen-bond donors (Lipinski definition) is 0. The van der Waals surface area contributed by atoms with Crippen LogP contribution in [0, 0.1) is 0 Å². The molecule has 0 aliphatic carbocycles. The minimum absolute atomic E-state index is 0.546. The van der Waals surface area contributed by atoms with Gasteiger partial charge in [0.15, 0.2) is 0 Å². The predicted molar refractivity (Wildman–Crippen MR) is 96.3 cm³/mol. The third kappa shape index (κ3) is 4.15. The summed E-state index contributed by atoms with van der Waals surface area (Å²) in [6, 6.07) is 8.75. The highest BCUT2D eigenvalue weighted by Crippen LogP contribution is 2.54. The van der Waals surface area contributed by atoms with Crippen LogP contribution in [0.5, 0.6) is 0 Å². The highest BCUT2D eigenvalue weighted by Gasteiger charge is 2.18. The van der Waals surface area contributed by atoms with Gasteiger partial charge in [-0.3, -0.25) is 0 Å². The average molecular weight is 351 g/mol. The molecular formula is C12H14S6. The normalized spacial score (nSPS) is 14.6. The van der Waals surface area contributed by atoms with Crippen molar-refractivity contribution in [3.8, 4) is 0 Å². The molecule has 2 aromatic heterocycles. The van der Waals surface area contributed by atoms with Crippen molar-refractivity contribution in [3.05, 3.63) is 44.8 Å². The van der Waals surface area contributed by atoms with Crippen molar-refractivity contribution in [1.29, 1.82) is 0 Å². The van der Waals surface area contributed by atoms with E-state index in [-0.39, 0.29) is 0 Å². The standard InChI is InChI=1S/C12H14S6/c1-13-11(9-5-3-7-15-9)17-18-12(14-2)10-6-4-8-16-10/h3-8,11-12H,1-2H3. The van der Waals surface area contributed by atoms with Crippen LogP contribution in [0.1, 0.15) is 18.9 Å². The first kappa shape index (κ1) is 15.2. The number of rotatable bonds is 7. The van der Waals surface area contributed by atoms with Crippen LogP contribution < -0.4 is 0 Å². The lowest BCUT2D eigenvalue weighted by molar-refractivity contribution is 1.50. The zero-order valence-electron chi connectivity index (χ0n) is 10.1. The van der Waals surface area contributed by atoms with Crippen LogP contribution in [0.25, 0.3) is 0 Å². The van der Waals surface area contributed by atoms with E-state index >= 15 is 0 Å². The minimum Gasteiger partial charge on any atom is -0.147 e. The number of thioether (sulfide) groups is 2. The summed E-state index contributed by atoms with van der Waals surface area (Å²) in [6.07, 6.45) is 4.38. The summed E-state index contributed by atoms with van der Waals surface area (Å²) in [5.74, 6) is 0. The summed E-state index contributed by atoms with van der Waals surface area (Å²) in [5, 5.41) is 4.32. The second-order valence-corrected chi connectivity index (χ2v) is 10.3. The summed E-state index contributed by atoms with van der Waals surface area (Å²) in [4.78, 5) is 2.93. The minimum atomic E-state index is 0.546. The molecule has 0 fully saturated rings. The molecule has 0 nitrogen and oxygen atoms in total. The molecule has 0 spiro atoms. The van der Waals surface area contributed by atoms with Gasteiger partial charge in [0, 0.05) is 9.75 Å². The monoisotopic (exact) mass is 350 g/mol. The van der Waals surface area contributed by atoms with Gasteiger partial charge in [0.1, 0.15) is 0 Å². The van der Waals surface area contributed by atoms with Crippen LogP contribution >= 0.6 is 67.8 Å². The maximum absolute atomic E-state index is 2.23. The molecule has 98 valence electrons. The largest absolute Gasteiger partial charge is 0.147 e. The van der Waals surface area contributed by atoms with Crippen LogP contribution in [-0.2, 0) is 0 Å². The summed E-state index contributed by atoms with van der Waals surface area (Å²) >= 11 is 7.55. The predicted octanol–water partition coefficient (Wildman–Crippen LogP) is 6.61. The van der Waals surface area contributed by atoms with Gasteiger partial charge in [-0.15, -0.1) is 46.2 Å².